The van der Waals surface area contributed by atoms with E-state index in [2.05, 4.69) is 42.5 Å². The molecule has 9 nitrogen and oxygen atoms in total. The number of methoxy groups -OCH3 is 1. The fourth-order valence-electron chi connectivity index (χ4n) is 4.65. The summed E-state index contributed by atoms with van der Waals surface area (Å²) >= 11 is 0. The summed E-state index contributed by atoms with van der Waals surface area (Å²) in [6.45, 7) is 3.56. The van der Waals surface area contributed by atoms with E-state index in [1.807, 2.05) is 24.3 Å². The number of hydrogen-bond donors (Lipinski definition) is 1. The van der Waals surface area contributed by atoms with Gasteiger partial charge in [0.05, 0.1) is 7.11 Å². The standard InChI is InChI=1S/C23H29N7O2/c1-32-20-4-2-19(3-5-20)28-14-10-18(11-15-28)25-23(31)17-8-12-29(13-9-17)22-7-6-21-26-24-16-30(21)27-22/h2-7,16-18H,8-15H2,1H3,(H,25,31). The third-order valence-electron chi connectivity index (χ3n) is 6.62. The molecule has 1 N–H and O–H groups in total. The van der Waals surface area contributed by atoms with E-state index in [1.165, 1.54) is 5.69 Å². The molecule has 0 radical (unpaired) electrons. The number of carbonyl (C=O) groups is 1. The fourth-order valence-corrected chi connectivity index (χ4v) is 4.65. The van der Waals surface area contributed by atoms with Crippen LogP contribution in [-0.4, -0.2) is 65.0 Å². The average molecular weight is 436 g/mol. The molecule has 2 saturated heterocycles. The zero-order chi connectivity index (χ0) is 21.9. The van der Waals surface area contributed by atoms with E-state index in [9.17, 15) is 4.79 Å². The molecular formula is C23H29N7O2. The Hall–Kier alpha value is -3.36. The van der Waals surface area contributed by atoms with Crippen LogP contribution in [0.1, 0.15) is 25.7 Å². The van der Waals surface area contributed by atoms with E-state index < -0.39 is 0 Å². The Morgan fingerprint density at radius 3 is 2.41 bits per heavy atom. The van der Waals surface area contributed by atoms with Crippen molar-refractivity contribution in [1.82, 2.24) is 25.1 Å². The lowest BCUT2D eigenvalue weighted by Crippen LogP contribution is -2.48. The van der Waals surface area contributed by atoms with Crippen molar-refractivity contribution in [2.45, 2.75) is 31.7 Å². The highest BCUT2D eigenvalue weighted by molar-refractivity contribution is 5.79. The van der Waals surface area contributed by atoms with Gasteiger partial charge in [-0.25, -0.2) is 0 Å². The Labute approximate surface area is 187 Å². The quantitative estimate of drug-likeness (QED) is 0.657. The van der Waals surface area contributed by atoms with Crippen molar-refractivity contribution in [3.63, 3.8) is 0 Å². The van der Waals surface area contributed by atoms with Crippen molar-refractivity contribution in [2.24, 2.45) is 5.92 Å². The van der Waals surface area contributed by atoms with E-state index >= 15 is 0 Å². The van der Waals surface area contributed by atoms with E-state index in [-0.39, 0.29) is 17.9 Å². The number of rotatable bonds is 5. The first kappa shape index (κ1) is 20.5. The summed E-state index contributed by atoms with van der Waals surface area (Å²) < 4.78 is 6.93. The van der Waals surface area contributed by atoms with Crippen LogP contribution in [-0.2, 0) is 4.79 Å². The van der Waals surface area contributed by atoms with E-state index in [4.69, 9.17) is 4.74 Å². The number of fused-ring (bicyclic) bond motifs is 1. The summed E-state index contributed by atoms with van der Waals surface area (Å²) in [6, 6.07) is 12.3. The van der Waals surface area contributed by atoms with E-state index in [0.29, 0.717) is 0 Å². The van der Waals surface area contributed by atoms with Crippen LogP contribution in [0.15, 0.2) is 42.7 Å². The van der Waals surface area contributed by atoms with Crippen molar-refractivity contribution in [2.75, 3.05) is 43.1 Å². The first-order valence-corrected chi connectivity index (χ1v) is 11.3. The number of amides is 1. The molecule has 0 spiro atoms. The van der Waals surface area contributed by atoms with Gasteiger partial charge in [0.15, 0.2) is 5.65 Å². The topological polar surface area (TPSA) is 87.9 Å². The van der Waals surface area contributed by atoms with Gasteiger partial charge in [0.1, 0.15) is 17.9 Å². The van der Waals surface area contributed by atoms with Crippen molar-refractivity contribution in [3.05, 3.63) is 42.7 Å². The van der Waals surface area contributed by atoms with Crippen LogP contribution in [0.25, 0.3) is 5.65 Å². The van der Waals surface area contributed by atoms with Gasteiger partial charge in [0, 0.05) is 43.8 Å². The minimum Gasteiger partial charge on any atom is -0.497 e. The second kappa shape index (κ2) is 9.02. The predicted molar refractivity (Wildman–Crippen MR) is 122 cm³/mol. The highest BCUT2D eigenvalue weighted by Crippen LogP contribution is 2.25. The summed E-state index contributed by atoms with van der Waals surface area (Å²) in [6.07, 6.45) is 5.24. The lowest BCUT2D eigenvalue weighted by atomic mass is 9.94. The molecule has 32 heavy (non-hydrogen) atoms. The molecule has 2 fully saturated rings. The molecule has 1 amide bonds. The van der Waals surface area contributed by atoms with Gasteiger partial charge in [-0.05, 0) is 62.1 Å². The summed E-state index contributed by atoms with van der Waals surface area (Å²) in [5.74, 6) is 2.05. The maximum atomic E-state index is 12.9. The largest absolute Gasteiger partial charge is 0.497 e. The van der Waals surface area contributed by atoms with Gasteiger partial charge < -0.3 is 19.9 Å². The van der Waals surface area contributed by atoms with Crippen molar-refractivity contribution < 1.29 is 9.53 Å². The van der Waals surface area contributed by atoms with Gasteiger partial charge in [0.25, 0.3) is 0 Å². The molecule has 3 aromatic rings. The van der Waals surface area contributed by atoms with Gasteiger partial charge in [-0.1, -0.05) is 0 Å². The predicted octanol–water partition coefficient (Wildman–Crippen LogP) is 2.13. The highest BCUT2D eigenvalue weighted by Gasteiger charge is 2.28. The molecule has 9 heteroatoms. The Morgan fingerprint density at radius 1 is 0.969 bits per heavy atom. The summed E-state index contributed by atoms with van der Waals surface area (Å²) in [7, 11) is 1.68. The van der Waals surface area contributed by atoms with Gasteiger partial charge >= 0.3 is 0 Å². The van der Waals surface area contributed by atoms with Crippen molar-refractivity contribution >= 4 is 23.1 Å². The number of hydrogen-bond acceptors (Lipinski definition) is 7. The minimum atomic E-state index is 0.0736. The number of anilines is 2. The van der Waals surface area contributed by atoms with Crippen molar-refractivity contribution in [1.29, 1.82) is 0 Å². The second-order valence-corrected chi connectivity index (χ2v) is 8.55. The lowest BCUT2D eigenvalue weighted by molar-refractivity contribution is -0.126. The third kappa shape index (κ3) is 4.32. The first-order chi connectivity index (χ1) is 15.7. The number of benzene rings is 1. The number of nitrogens with one attached hydrogen (secondary N) is 1. The Kier molecular flexibility index (Phi) is 5.79. The highest BCUT2D eigenvalue weighted by atomic mass is 16.5. The van der Waals surface area contributed by atoms with Crippen LogP contribution in [0, 0.1) is 5.92 Å². The lowest BCUT2D eigenvalue weighted by Gasteiger charge is -2.36. The van der Waals surface area contributed by atoms with Crippen molar-refractivity contribution in [3.8, 4) is 5.75 Å². The van der Waals surface area contributed by atoms with E-state index in [0.717, 1.165) is 69.1 Å². The fraction of sp³-hybridized carbons (Fsp3) is 0.478. The molecule has 1 aromatic carbocycles. The van der Waals surface area contributed by atoms with Crippen LogP contribution >= 0.6 is 0 Å². The molecule has 2 aromatic heterocycles. The SMILES string of the molecule is COc1ccc(N2CCC(NC(=O)C3CCN(c4ccc5nncn5n4)CC3)CC2)cc1. The Morgan fingerprint density at radius 2 is 1.69 bits per heavy atom. The number of ether oxygens (including phenoxy) is 1. The van der Waals surface area contributed by atoms with Crippen LogP contribution < -0.4 is 19.9 Å². The Balaban J connectivity index is 1.09. The normalized spacial score (nSPS) is 18.2. The molecule has 168 valence electrons. The molecule has 0 unspecified atom stereocenters. The number of nitrogens with zero attached hydrogens (tertiary/aromatic N) is 6. The van der Waals surface area contributed by atoms with Crippen LogP contribution in [0.5, 0.6) is 5.75 Å². The number of carbonyl (C=O) groups excluding carboxylic acids is 1. The molecule has 0 aliphatic carbocycles. The van der Waals surface area contributed by atoms with E-state index in [1.54, 1.807) is 18.0 Å². The summed E-state index contributed by atoms with van der Waals surface area (Å²) in [5, 5.41) is 15.8. The Bertz CT molecular complexity index is 1050. The molecule has 0 saturated carbocycles. The molecule has 2 aliphatic heterocycles. The first-order valence-electron chi connectivity index (χ1n) is 11.3. The van der Waals surface area contributed by atoms with Gasteiger partial charge in [0.2, 0.25) is 5.91 Å². The smallest absolute Gasteiger partial charge is 0.223 e. The third-order valence-corrected chi connectivity index (χ3v) is 6.62. The summed E-state index contributed by atoms with van der Waals surface area (Å²) in [4.78, 5) is 17.5. The molecule has 0 atom stereocenters. The average Bonchev–Trinajstić information content (AvgIpc) is 3.33. The molecule has 2 aliphatic rings. The zero-order valence-electron chi connectivity index (χ0n) is 18.4. The molecule has 5 rings (SSSR count). The number of piperidine rings is 2. The van der Waals surface area contributed by atoms with Gasteiger partial charge in [-0.2, -0.15) is 4.52 Å². The van der Waals surface area contributed by atoms with Gasteiger partial charge in [-0.3, -0.25) is 4.79 Å². The summed E-state index contributed by atoms with van der Waals surface area (Å²) in [5.41, 5.74) is 1.95. The van der Waals surface area contributed by atoms with Crippen LogP contribution in [0.4, 0.5) is 11.5 Å². The molecule has 0 bridgehead atoms. The zero-order valence-corrected chi connectivity index (χ0v) is 18.4. The molecule has 4 heterocycles. The number of aromatic nitrogens is 4. The maximum absolute atomic E-state index is 12.9. The van der Waals surface area contributed by atoms with Crippen LogP contribution in [0.3, 0.4) is 0 Å². The monoisotopic (exact) mass is 435 g/mol. The van der Waals surface area contributed by atoms with Gasteiger partial charge in [-0.15, -0.1) is 15.3 Å². The maximum Gasteiger partial charge on any atom is 0.223 e. The second-order valence-electron chi connectivity index (χ2n) is 8.55. The molecular weight excluding hydrogens is 406 g/mol. The van der Waals surface area contributed by atoms with Crippen LogP contribution in [0.2, 0.25) is 0 Å². The minimum absolute atomic E-state index is 0.0736.